The number of benzene rings is 1. The Hall–Kier alpha value is -2.10. The fraction of sp³-hybridized carbons (Fsp3) is 0.524. The van der Waals surface area contributed by atoms with E-state index in [4.69, 9.17) is 21.8 Å². The van der Waals surface area contributed by atoms with Gasteiger partial charge in [-0.1, -0.05) is 37.6 Å². The second-order valence-electron chi connectivity index (χ2n) is 7.59. The Morgan fingerprint density at radius 1 is 1.19 bits per heavy atom. The first-order valence-corrected chi connectivity index (χ1v) is 10.2. The number of hydrogen-bond donors (Lipinski definition) is 3. The Balaban J connectivity index is 0.000000512. The van der Waals surface area contributed by atoms with Gasteiger partial charge in [-0.25, -0.2) is 9.59 Å². The summed E-state index contributed by atoms with van der Waals surface area (Å²) in [5.74, 6) is -2.11. The molecule has 1 aliphatic rings. The van der Waals surface area contributed by atoms with E-state index in [1.165, 1.54) is 6.07 Å². The zero-order valence-corrected chi connectivity index (χ0v) is 18.2. The molecule has 1 fully saturated rings. The minimum atomic E-state index is -4.43. The van der Waals surface area contributed by atoms with Crippen molar-refractivity contribution in [3.8, 4) is 0 Å². The highest BCUT2D eigenvalue weighted by Crippen LogP contribution is 2.38. The van der Waals surface area contributed by atoms with Gasteiger partial charge in [-0.05, 0) is 43.5 Å². The van der Waals surface area contributed by atoms with Crippen molar-refractivity contribution in [1.82, 2.24) is 10.2 Å². The third kappa shape index (κ3) is 10.2. The van der Waals surface area contributed by atoms with Crippen molar-refractivity contribution in [2.75, 3.05) is 19.6 Å². The Kier molecular flexibility index (Phi) is 11.0. The lowest BCUT2D eigenvalue weighted by Gasteiger charge is -2.36. The number of carbonyl (C=O) groups is 2. The number of rotatable bonds is 7. The van der Waals surface area contributed by atoms with Crippen LogP contribution in [0.15, 0.2) is 30.4 Å². The highest BCUT2D eigenvalue weighted by Gasteiger charge is 2.36. The molecule has 1 aromatic rings. The fourth-order valence-electron chi connectivity index (χ4n) is 3.36. The van der Waals surface area contributed by atoms with E-state index in [1.807, 2.05) is 0 Å². The first kappa shape index (κ1) is 26.9. The SMILES string of the molecule is CC(C)CN(Cc1cccc(Cl)c1C(F)(F)F)C1CCNCC1.O=C(O)C=CC(=O)O. The summed E-state index contributed by atoms with van der Waals surface area (Å²) < 4.78 is 40.1. The van der Waals surface area contributed by atoms with Crippen LogP contribution in [0.25, 0.3) is 0 Å². The number of nitrogens with one attached hydrogen (secondary N) is 1. The number of alkyl halides is 3. The number of aliphatic carboxylic acids is 2. The first-order chi connectivity index (χ1) is 14.4. The minimum absolute atomic E-state index is 0.218. The average Bonchev–Trinajstić information content (AvgIpc) is 2.66. The zero-order chi connectivity index (χ0) is 23.6. The van der Waals surface area contributed by atoms with E-state index in [2.05, 4.69) is 24.1 Å². The van der Waals surface area contributed by atoms with Crippen LogP contribution >= 0.6 is 11.6 Å². The Morgan fingerprint density at radius 3 is 2.19 bits per heavy atom. The van der Waals surface area contributed by atoms with E-state index in [1.54, 1.807) is 12.1 Å². The number of piperidine rings is 1. The van der Waals surface area contributed by atoms with E-state index in [0.29, 0.717) is 24.1 Å². The summed E-state index contributed by atoms with van der Waals surface area (Å²) in [5, 5.41) is 18.7. The number of carboxylic acids is 2. The molecular weight excluding hydrogens is 437 g/mol. The van der Waals surface area contributed by atoms with Crippen LogP contribution in [0.4, 0.5) is 13.2 Å². The van der Waals surface area contributed by atoms with Crippen LogP contribution < -0.4 is 5.32 Å². The summed E-state index contributed by atoms with van der Waals surface area (Å²) in [6.45, 7) is 7.10. The van der Waals surface area contributed by atoms with E-state index in [0.717, 1.165) is 32.5 Å². The van der Waals surface area contributed by atoms with E-state index < -0.39 is 23.7 Å². The summed E-state index contributed by atoms with van der Waals surface area (Å²) in [5.41, 5.74) is -0.423. The molecule has 174 valence electrons. The summed E-state index contributed by atoms with van der Waals surface area (Å²) >= 11 is 5.84. The zero-order valence-electron chi connectivity index (χ0n) is 17.5. The van der Waals surface area contributed by atoms with Gasteiger partial charge in [-0.2, -0.15) is 13.2 Å². The summed E-state index contributed by atoms with van der Waals surface area (Å²) in [6, 6.07) is 4.77. The molecule has 31 heavy (non-hydrogen) atoms. The van der Waals surface area contributed by atoms with Crippen LogP contribution in [0.2, 0.25) is 5.02 Å². The molecule has 0 unspecified atom stereocenters. The number of hydrogen-bond acceptors (Lipinski definition) is 4. The lowest BCUT2D eigenvalue weighted by molar-refractivity contribution is -0.138. The van der Waals surface area contributed by atoms with Crippen molar-refractivity contribution < 1.29 is 33.0 Å². The Morgan fingerprint density at radius 2 is 1.74 bits per heavy atom. The molecule has 3 N–H and O–H groups in total. The molecule has 0 aliphatic carbocycles. The van der Waals surface area contributed by atoms with Crippen molar-refractivity contribution in [2.24, 2.45) is 5.92 Å². The molecule has 10 heteroatoms. The predicted octanol–water partition coefficient (Wildman–Crippen LogP) is 4.28. The first-order valence-electron chi connectivity index (χ1n) is 9.85. The maximum Gasteiger partial charge on any atom is 0.418 e. The molecule has 0 atom stereocenters. The van der Waals surface area contributed by atoms with Gasteiger partial charge >= 0.3 is 18.1 Å². The van der Waals surface area contributed by atoms with Gasteiger partial charge in [-0.3, -0.25) is 4.90 Å². The van der Waals surface area contributed by atoms with Crippen molar-refractivity contribution in [2.45, 2.75) is 45.5 Å². The van der Waals surface area contributed by atoms with Gasteiger partial charge in [0.25, 0.3) is 0 Å². The van der Waals surface area contributed by atoms with Crippen molar-refractivity contribution in [3.63, 3.8) is 0 Å². The molecule has 0 aromatic heterocycles. The smallest absolute Gasteiger partial charge is 0.418 e. The van der Waals surface area contributed by atoms with Crippen LogP contribution in [0, 0.1) is 5.92 Å². The predicted molar refractivity (Wildman–Crippen MR) is 112 cm³/mol. The lowest BCUT2D eigenvalue weighted by atomic mass is 10.00. The molecule has 0 amide bonds. The Bertz CT molecular complexity index is 747. The van der Waals surface area contributed by atoms with Crippen LogP contribution in [-0.4, -0.2) is 52.7 Å². The quantitative estimate of drug-likeness (QED) is 0.522. The third-order valence-electron chi connectivity index (χ3n) is 4.55. The topological polar surface area (TPSA) is 89.9 Å². The molecule has 0 saturated carbocycles. The number of carboxylic acid groups (broad SMARTS) is 2. The van der Waals surface area contributed by atoms with Gasteiger partial charge in [0.1, 0.15) is 0 Å². The van der Waals surface area contributed by atoms with E-state index in [-0.39, 0.29) is 17.1 Å². The molecule has 1 heterocycles. The van der Waals surface area contributed by atoms with Crippen molar-refractivity contribution >= 4 is 23.5 Å². The Labute approximate surface area is 184 Å². The van der Waals surface area contributed by atoms with Gasteiger partial charge in [-0.15, -0.1) is 0 Å². The van der Waals surface area contributed by atoms with Gasteiger partial charge < -0.3 is 15.5 Å². The second-order valence-corrected chi connectivity index (χ2v) is 7.99. The van der Waals surface area contributed by atoms with Crippen LogP contribution in [0.1, 0.15) is 37.8 Å². The summed E-state index contributed by atoms with van der Waals surface area (Å²) in [7, 11) is 0. The van der Waals surface area contributed by atoms with Gasteiger partial charge in [0.15, 0.2) is 0 Å². The van der Waals surface area contributed by atoms with Gasteiger partial charge in [0, 0.05) is 31.3 Å². The molecule has 1 aromatic carbocycles. The maximum atomic E-state index is 13.4. The van der Waals surface area contributed by atoms with Crippen molar-refractivity contribution in [1.29, 1.82) is 0 Å². The molecule has 6 nitrogen and oxygen atoms in total. The highest BCUT2D eigenvalue weighted by molar-refractivity contribution is 6.31. The average molecular weight is 465 g/mol. The van der Waals surface area contributed by atoms with Crippen LogP contribution in [0.3, 0.4) is 0 Å². The van der Waals surface area contributed by atoms with Crippen molar-refractivity contribution in [3.05, 3.63) is 46.5 Å². The number of nitrogens with zero attached hydrogens (tertiary/aromatic N) is 1. The molecule has 0 spiro atoms. The molecule has 0 bridgehead atoms. The maximum absolute atomic E-state index is 13.4. The van der Waals surface area contributed by atoms with Crippen LogP contribution in [0.5, 0.6) is 0 Å². The molecule has 2 rings (SSSR count). The molecule has 1 saturated heterocycles. The van der Waals surface area contributed by atoms with E-state index in [9.17, 15) is 22.8 Å². The molecular formula is C21H28ClF3N2O4. The summed E-state index contributed by atoms with van der Waals surface area (Å²) in [4.78, 5) is 21.3. The lowest BCUT2D eigenvalue weighted by Crippen LogP contribution is -2.44. The monoisotopic (exact) mass is 464 g/mol. The van der Waals surface area contributed by atoms with Crippen LogP contribution in [-0.2, 0) is 22.3 Å². The minimum Gasteiger partial charge on any atom is -0.478 e. The van der Waals surface area contributed by atoms with Gasteiger partial charge in [0.2, 0.25) is 0 Å². The normalized spacial score (nSPS) is 15.2. The second kappa shape index (κ2) is 12.7. The summed E-state index contributed by atoms with van der Waals surface area (Å²) in [6.07, 6.45) is -1.38. The fourth-order valence-corrected chi connectivity index (χ4v) is 3.66. The van der Waals surface area contributed by atoms with E-state index >= 15 is 0 Å². The highest BCUT2D eigenvalue weighted by atomic mass is 35.5. The van der Waals surface area contributed by atoms with Gasteiger partial charge in [0.05, 0.1) is 10.6 Å². The molecule has 0 radical (unpaired) electrons. The largest absolute Gasteiger partial charge is 0.478 e. The standard InChI is InChI=1S/C17H24ClF3N2.C4H4O4/c1-12(2)10-23(14-6-8-22-9-7-14)11-13-4-3-5-15(18)16(13)17(19,20)21;5-3(6)1-2-4(7)8/h3-5,12,14,22H,6-11H2,1-2H3;1-2H,(H,5,6)(H,7,8). The third-order valence-corrected chi connectivity index (χ3v) is 4.87. The number of halogens is 4. The molecule has 1 aliphatic heterocycles.